The van der Waals surface area contributed by atoms with Crippen LogP contribution in [0.3, 0.4) is 0 Å². The Bertz CT molecular complexity index is 425. The van der Waals surface area contributed by atoms with E-state index in [-0.39, 0.29) is 24.5 Å². The Hall–Kier alpha value is -2.29. The molecule has 0 aliphatic carbocycles. The van der Waals surface area contributed by atoms with Gasteiger partial charge < -0.3 is 9.47 Å². The molecular weight excluding hydrogens is 212 g/mol. The Kier molecular flexibility index (Phi) is 4.09. The number of benzene rings is 1. The molecule has 0 aromatic heterocycles. The summed E-state index contributed by atoms with van der Waals surface area (Å²) in [5.74, 6) is 0.528. The first-order chi connectivity index (χ1) is 7.69. The number of methoxy groups -OCH3 is 1. The van der Waals surface area contributed by atoms with Crippen molar-refractivity contribution in [3.8, 4) is 17.6 Å². The minimum absolute atomic E-state index is 0.129. The third-order valence-electron chi connectivity index (χ3n) is 1.83. The molecule has 0 spiro atoms. The van der Waals surface area contributed by atoms with Gasteiger partial charge in [-0.25, -0.2) is 0 Å². The summed E-state index contributed by atoms with van der Waals surface area (Å²) in [6.45, 7) is 0.129. The second-order valence-corrected chi connectivity index (χ2v) is 2.85. The Balaban J connectivity index is 2.90. The lowest BCUT2D eigenvalue weighted by Crippen LogP contribution is -2.00. The van der Waals surface area contributed by atoms with Crippen LogP contribution in [0, 0.1) is 21.4 Å². The van der Waals surface area contributed by atoms with Gasteiger partial charge in [0, 0.05) is 0 Å². The van der Waals surface area contributed by atoms with Gasteiger partial charge in [0.1, 0.15) is 12.4 Å². The van der Waals surface area contributed by atoms with Crippen LogP contribution in [0.1, 0.15) is 6.42 Å². The van der Waals surface area contributed by atoms with Crippen molar-refractivity contribution in [1.82, 2.24) is 0 Å². The number of nitro benzene ring substituents is 1. The summed E-state index contributed by atoms with van der Waals surface area (Å²) in [4.78, 5) is 10.2. The molecule has 0 amide bonds. The topological polar surface area (TPSA) is 85.4 Å². The molecule has 6 heteroatoms. The van der Waals surface area contributed by atoms with Crippen LogP contribution in [0.15, 0.2) is 18.2 Å². The van der Waals surface area contributed by atoms with Gasteiger partial charge in [-0.15, -0.1) is 0 Å². The SMILES string of the molecule is COc1ccc(OCCC#N)c([N+](=O)[O-])c1. The number of ether oxygens (including phenoxy) is 2. The molecule has 0 saturated carbocycles. The number of hydrogen-bond donors (Lipinski definition) is 0. The highest BCUT2D eigenvalue weighted by Crippen LogP contribution is 2.30. The van der Waals surface area contributed by atoms with E-state index in [1.54, 1.807) is 6.07 Å². The van der Waals surface area contributed by atoms with E-state index in [1.165, 1.54) is 19.2 Å². The van der Waals surface area contributed by atoms with Gasteiger partial charge in [0.2, 0.25) is 0 Å². The third-order valence-corrected chi connectivity index (χ3v) is 1.83. The molecule has 0 unspecified atom stereocenters. The van der Waals surface area contributed by atoms with Gasteiger partial charge in [-0.2, -0.15) is 5.26 Å². The first kappa shape index (κ1) is 11.8. The fourth-order valence-corrected chi connectivity index (χ4v) is 1.10. The highest BCUT2D eigenvalue weighted by molar-refractivity contribution is 5.50. The Morgan fingerprint density at radius 2 is 2.31 bits per heavy atom. The molecule has 0 N–H and O–H groups in total. The highest BCUT2D eigenvalue weighted by atomic mass is 16.6. The average molecular weight is 222 g/mol. The Morgan fingerprint density at radius 1 is 1.56 bits per heavy atom. The fraction of sp³-hybridized carbons (Fsp3) is 0.300. The van der Waals surface area contributed by atoms with Crippen molar-refractivity contribution < 1.29 is 14.4 Å². The van der Waals surface area contributed by atoms with Gasteiger partial charge in [0.15, 0.2) is 5.75 Å². The van der Waals surface area contributed by atoms with E-state index in [2.05, 4.69) is 0 Å². The van der Waals surface area contributed by atoms with Crippen LogP contribution in [-0.4, -0.2) is 18.6 Å². The van der Waals surface area contributed by atoms with Gasteiger partial charge in [0.05, 0.1) is 30.6 Å². The minimum Gasteiger partial charge on any atom is -0.496 e. The number of nitriles is 1. The standard InChI is InChI=1S/C10H10N2O4/c1-15-8-3-4-10(16-6-2-5-11)9(7-8)12(13)14/h3-4,7H,2,6H2,1H3. The first-order valence-corrected chi connectivity index (χ1v) is 4.51. The number of rotatable bonds is 5. The van der Waals surface area contributed by atoms with E-state index in [0.717, 1.165) is 0 Å². The smallest absolute Gasteiger partial charge is 0.314 e. The van der Waals surface area contributed by atoms with E-state index < -0.39 is 4.92 Å². The zero-order valence-electron chi connectivity index (χ0n) is 8.67. The van der Waals surface area contributed by atoms with E-state index in [1.807, 2.05) is 6.07 Å². The van der Waals surface area contributed by atoms with Crippen LogP contribution in [0.25, 0.3) is 0 Å². The van der Waals surface area contributed by atoms with Gasteiger partial charge in [-0.3, -0.25) is 10.1 Å². The van der Waals surface area contributed by atoms with Crippen LogP contribution in [0.5, 0.6) is 11.5 Å². The molecule has 0 fully saturated rings. The van der Waals surface area contributed by atoms with Crippen LogP contribution in [-0.2, 0) is 0 Å². The molecule has 16 heavy (non-hydrogen) atoms. The van der Waals surface area contributed by atoms with Crippen LogP contribution >= 0.6 is 0 Å². The van der Waals surface area contributed by atoms with E-state index >= 15 is 0 Å². The zero-order chi connectivity index (χ0) is 12.0. The summed E-state index contributed by atoms with van der Waals surface area (Å²) in [7, 11) is 1.43. The fourth-order valence-electron chi connectivity index (χ4n) is 1.10. The van der Waals surface area contributed by atoms with Crippen molar-refractivity contribution in [2.75, 3.05) is 13.7 Å². The predicted molar refractivity (Wildman–Crippen MR) is 55.4 cm³/mol. The van der Waals surface area contributed by atoms with Crippen LogP contribution < -0.4 is 9.47 Å². The largest absolute Gasteiger partial charge is 0.496 e. The maximum atomic E-state index is 10.7. The summed E-state index contributed by atoms with van der Waals surface area (Å²) < 4.78 is 9.99. The maximum absolute atomic E-state index is 10.7. The summed E-state index contributed by atoms with van der Waals surface area (Å²) in [5, 5.41) is 19.0. The second-order valence-electron chi connectivity index (χ2n) is 2.85. The lowest BCUT2D eigenvalue weighted by atomic mass is 10.3. The summed E-state index contributed by atoms with van der Waals surface area (Å²) in [6, 6.07) is 6.19. The average Bonchev–Trinajstić information content (AvgIpc) is 2.29. The monoisotopic (exact) mass is 222 g/mol. The molecule has 0 aliphatic rings. The molecule has 0 atom stereocenters. The second kappa shape index (κ2) is 5.56. The molecule has 0 heterocycles. The van der Waals surface area contributed by atoms with E-state index in [4.69, 9.17) is 14.7 Å². The number of hydrogen-bond acceptors (Lipinski definition) is 5. The molecular formula is C10H10N2O4. The van der Waals surface area contributed by atoms with Gasteiger partial charge in [0.25, 0.3) is 0 Å². The maximum Gasteiger partial charge on any atom is 0.314 e. The van der Waals surface area contributed by atoms with Crippen LogP contribution in [0.4, 0.5) is 5.69 Å². The summed E-state index contributed by atoms with van der Waals surface area (Å²) >= 11 is 0. The van der Waals surface area contributed by atoms with Crippen LogP contribution in [0.2, 0.25) is 0 Å². The molecule has 6 nitrogen and oxygen atoms in total. The van der Waals surface area contributed by atoms with Gasteiger partial charge in [-0.05, 0) is 12.1 Å². The molecule has 1 rings (SSSR count). The lowest BCUT2D eigenvalue weighted by molar-refractivity contribution is -0.385. The van der Waals surface area contributed by atoms with Gasteiger partial charge >= 0.3 is 5.69 Å². The lowest BCUT2D eigenvalue weighted by Gasteiger charge is -2.06. The number of nitrogens with zero attached hydrogens (tertiary/aromatic N) is 2. The quantitative estimate of drug-likeness (QED) is 0.431. The van der Waals surface area contributed by atoms with Crippen molar-refractivity contribution in [2.45, 2.75) is 6.42 Å². The van der Waals surface area contributed by atoms with Crippen molar-refractivity contribution in [1.29, 1.82) is 5.26 Å². The zero-order valence-corrected chi connectivity index (χ0v) is 8.67. The Labute approximate surface area is 92.2 Å². The summed E-state index contributed by atoms with van der Waals surface area (Å²) in [5.41, 5.74) is -0.169. The van der Waals surface area contributed by atoms with Crippen molar-refractivity contribution in [3.05, 3.63) is 28.3 Å². The van der Waals surface area contributed by atoms with Crippen molar-refractivity contribution >= 4 is 5.69 Å². The molecule has 1 aromatic carbocycles. The van der Waals surface area contributed by atoms with Crippen molar-refractivity contribution in [3.63, 3.8) is 0 Å². The minimum atomic E-state index is -0.551. The molecule has 1 aromatic rings. The first-order valence-electron chi connectivity index (χ1n) is 4.51. The molecule has 0 radical (unpaired) electrons. The number of nitro groups is 1. The van der Waals surface area contributed by atoms with Gasteiger partial charge in [-0.1, -0.05) is 0 Å². The third kappa shape index (κ3) is 2.85. The normalized spacial score (nSPS) is 9.25. The predicted octanol–water partition coefficient (Wildman–Crippen LogP) is 1.90. The molecule has 0 aliphatic heterocycles. The van der Waals surface area contributed by atoms with E-state index in [0.29, 0.717) is 5.75 Å². The van der Waals surface area contributed by atoms with E-state index in [9.17, 15) is 10.1 Å². The van der Waals surface area contributed by atoms with Crippen molar-refractivity contribution in [2.24, 2.45) is 0 Å². The molecule has 0 bridgehead atoms. The summed E-state index contributed by atoms with van der Waals surface area (Å²) in [6.07, 6.45) is 0.184. The Morgan fingerprint density at radius 3 is 2.88 bits per heavy atom. The highest BCUT2D eigenvalue weighted by Gasteiger charge is 2.16. The molecule has 0 saturated heterocycles. The molecule has 84 valence electrons.